The summed E-state index contributed by atoms with van der Waals surface area (Å²) in [6, 6.07) is 18.2. The molecule has 0 saturated carbocycles. The molecule has 2 unspecified atom stereocenters. The Morgan fingerprint density at radius 1 is 1.07 bits per heavy atom. The monoisotopic (exact) mass is 388 g/mol. The van der Waals surface area contributed by atoms with Crippen LogP contribution in [0.25, 0.3) is 11.0 Å². The van der Waals surface area contributed by atoms with Crippen molar-refractivity contribution < 1.29 is 9.26 Å². The number of hydrogen-bond donors (Lipinski definition) is 0. The average Bonchev–Trinajstić information content (AvgIpc) is 3.22. The minimum atomic E-state index is 0.543. The summed E-state index contributed by atoms with van der Waals surface area (Å²) in [5, 5.41) is 14.3. The zero-order chi connectivity index (χ0) is 19.6. The number of nitriles is 1. The summed E-state index contributed by atoms with van der Waals surface area (Å²) in [7, 11) is 0. The molecule has 3 heterocycles. The van der Waals surface area contributed by atoms with E-state index in [0.717, 1.165) is 55.3 Å². The molecule has 2 aliphatic rings. The van der Waals surface area contributed by atoms with E-state index in [4.69, 9.17) is 14.5 Å². The van der Waals surface area contributed by atoms with Crippen molar-refractivity contribution in [3.63, 3.8) is 0 Å². The molecule has 0 amide bonds. The van der Waals surface area contributed by atoms with E-state index in [-0.39, 0.29) is 0 Å². The number of fused-ring (bicyclic) bond motifs is 2. The quantitative estimate of drug-likeness (QED) is 0.679. The van der Waals surface area contributed by atoms with Gasteiger partial charge >= 0.3 is 0 Å². The summed E-state index contributed by atoms with van der Waals surface area (Å²) in [5.41, 5.74) is 1.52. The second-order valence-corrected chi connectivity index (χ2v) is 7.99. The van der Waals surface area contributed by atoms with Gasteiger partial charge in [0, 0.05) is 38.1 Å². The minimum Gasteiger partial charge on any atom is -0.493 e. The van der Waals surface area contributed by atoms with E-state index in [0.29, 0.717) is 17.5 Å². The zero-order valence-electron chi connectivity index (χ0n) is 16.3. The summed E-state index contributed by atoms with van der Waals surface area (Å²) in [6.45, 7) is 4.82. The van der Waals surface area contributed by atoms with Crippen LogP contribution in [0.15, 0.2) is 53.1 Å². The highest BCUT2D eigenvalue weighted by molar-refractivity contribution is 5.88. The predicted molar refractivity (Wildman–Crippen MR) is 111 cm³/mol. The summed E-state index contributed by atoms with van der Waals surface area (Å²) in [5.74, 6) is 2.36. The molecule has 0 spiro atoms. The van der Waals surface area contributed by atoms with Gasteiger partial charge in [-0.15, -0.1) is 0 Å². The van der Waals surface area contributed by atoms with Crippen LogP contribution in [-0.4, -0.2) is 48.9 Å². The van der Waals surface area contributed by atoms with Gasteiger partial charge in [-0.05, 0) is 49.2 Å². The van der Waals surface area contributed by atoms with Crippen molar-refractivity contribution in [2.45, 2.75) is 18.9 Å². The fourth-order valence-corrected chi connectivity index (χ4v) is 4.53. The third kappa shape index (κ3) is 3.66. The lowest BCUT2D eigenvalue weighted by atomic mass is 9.91. The lowest BCUT2D eigenvalue weighted by Crippen LogP contribution is -2.57. The first kappa shape index (κ1) is 18.0. The molecule has 148 valence electrons. The van der Waals surface area contributed by atoms with Crippen molar-refractivity contribution in [3.05, 3.63) is 54.1 Å². The molecule has 6 nitrogen and oxygen atoms in total. The van der Waals surface area contributed by atoms with E-state index in [1.54, 1.807) is 12.1 Å². The fraction of sp³-hybridized carbons (Fsp3) is 0.391. The van der Waals surface area contributed by atoms with Crippen LogP contribution in [0.5, 0.6) is 5.75 Å². The predicted octanol–water partition coefficient (Wildman–Crippen LogP) is 3.68. The topological polar surface area (TPSA) is 65.5 Å². The number of benzene rings is 2. The molecule has 2 aliphatic heterocycles. The molecule has 3 aromatic rings. The van der Waals surface area contributed by atoms with Crippen molar-refractivity contribution in [2.24, 2.45) is 5.92 Å². The standard InChI is InChI=1S/C23H24N4O2/c24-13-17-6-9-20(10-7-17)28-16-18-5-8-19-15-27(12-11-26(19)14-18)23-21-3-1-2-4-22(21)29-25-23/h1-4,6-7,9-10,18-19H,5,8,11-12,14-16H2. The molecule has 2 fully saturated rings. The Balaban J connectivity index is 1.18. The van der Waals surface area contributed by atoms with Gasteiger partial charge in [0.05, 0.1) is 23.6 Å². The highest BCUT2D eigenvalue weighted by Gasteiger charge is 2.34. The lowest BCUT2D eigenvalue weighted by molar-refractivity contribution is 0.0727. The molecule has 0 bridgehead atoms. The van der Waals surface area contributed by atoms with Gasteiger partial charge in [-0.2, -0.15) is 5.26 Å². The third-order valence-corrected chi connectivity index (χ3v) is 6.13. The van der Waals surface area contributed by atoms with Crippen molar-refractivity contribution in [3.8, 4) is 11.8 Å². The largest absolute Gasteiger partial charge is 0.493 e. The second-order valence-electron chi connectivity index (χ2n) is 7.99. The average molecular weight is 388 g/mol. The Morgan fingerprint density at radius 2 is 1.93 bits per heavy atom. The number of piperazine rings is 1. The highest BCUT2D eigenvalue weighted by atomic mass is 16.5. The summed E-state index contributed by atoms with van der Waals surface area (Å²) in [4.78, 5) is 4.98. The van der Waals surface area contributed by atoms with Gasteiger partial charge in [-0.25, -0.2) is 0 Å². The third-order valence-electron chi connectivity index (χ3n) is 6.13. The maximum absolute atomic E-state index is 8.89. The Bertz CT molecular complexity index is 1020. The van der Waals surface area contributed by atoms with Gasteiger partial charge in [0.15, 0.2) is 11.4 Å². The van der Waals surface area contributed by atoms with Gasteiger partial charge in [0.1, 0.15) is 5.75 Å². The molecule has 0 aliphatic carbocycles. The summed E-state index contributed by atoms with van der Waals surface area (Å²) < 4.78 is 11.5. The number of anilines is 1. The molecule has 0 N–H and O–H groups in total. The van der Waals surface area contributed by atoms with E-state index in [9.17, 15) is 0 Å². The van der Waals surface area contributed by atoms with Crippen molar-refractivity contribution >= 4 is 16.8 Å². The molecular formula is C23H24N4O2. The molecular weight excluding hydrogens is 364 g/mol. The number of piperidine rings is 1. The van der Waals surface area contributed by atoms with Crippen molar-refractivity contribution in [1.82, 2.24) is 10.1 Å². The molecule has 29 heavy (non-hydrogen) atoms. The first-order chi connectivity index (χ1) is 14.3. The zero-order valence-corrected chi connectivity index (χ0v) is 16.3. The van der Waals surface area contributed by atoms with Crippen LogP contribution in [0.1, 0.15) is 18.4 Å². The van der Waals surface area contributed by atoms with E-state index in [1.807, 2.05) is 30.3 Å². The van der Waals surface area contributed by atoms with Crippen LogP contribution in [0.3, 0.4) is 0 Å². The Labute approximate surface area is 170 Å². The number of rotatable bonds is 4. The summed E-state index contributed by atoms with van der Waals surface area (Å²) in [6.07, 6.45) is 2.35. The maximum Gasteiger partial charge on any atom is 0.180 e. The second kappa shape index (κ2) is 7.76. The maximum atomic E-state index is 8.89. The van der Waals surface area contributed by atoms with Gasteiger partial charge in [0.25, 0.3) is 0 Å². The molecule has 6 heteroatoms. The number of hydrogen-bond acceptors (Lipinski definition) is 6. The highest BCUT2D eigenvalue weighted by Crippen LogP contribution is 2.31. The van der Waals surface area contributed by atoms with Crippen LogP contribution in [0.4, 0.5) is 5.82 Å². The number of ether oxygens (including phenoxy) is 1. The van der Waals surface area contributed by atoms with Gasteiger partial charge in [0.2, 0.25) is 0 Å². The van der Waals surface area contributed by atoms with Crippen LogP contribution < -0.4 is 9.64 Å². The van der Waals surface area contributed by atoms with E-state index in [2.05, 4.69) is 27.1 Å². The Morgan fingerprint density at radius 3 is 2.79 bits per heavy atom. The van der Waals surface area contributed by atoms with Crippen LogP contribution in [0.2, 0.25) is 0 Å². The molecule has 2 atom stereocenters. The number of para-hydroxylation sites is 1. The van der Waals surface area contributed by atoms with Crippen LogP contribution in [-0.2, 0) is 0 Å². The Kier molecular flexibility index (Phi) is 4.82. The van der Waals surface area contributed by atoms with Gasteiger partial charge in [-0.1, -0.05) is 17.3 Å². The van der Waals surface area contributed by atoms with Gasteiger partial charge < -0.3 is 14.2 Å². The first-order valence-electron chi connectivity index (χ1n) is 10.3. The fourth-order valence-electron chi connectivity index (χ4n) is 4.53. The first-order valence-corrected chi connectivity index (χ1v) is 10.3. The normalized spacial score (nSPS) is 22.2. The number of nitrogens with zero attached hydrogens (tertiary/aromatic N) is 4. The minimum absolute atomic E-state index is 0.543. The van der Waals surface area contributed by atoms with E-state index >= 15 is 0 Å². The summed E-state index contributed by atoms with van der Waals surface area (Å²) >= 11 is 0. The molecule has 2 saturated heterocycles. The van der Waals surface area contributed by atoms with E-state index in [1.165, 1.54) is 12.8 Å². The molecule has 5 rings (SSSR count). The molecule has 1 aromatic heterocycles. The van der Waals surface area contributed by atoms with Crippen molar-refractivity contribution in [2.75, 3.05) is 37.7 Å². The molecule has 0 radical (unpaired) electrons. The van der Waals surface area contributed by atoms with E-state index < -0.39 is 0 Å². The van der Waals surface area contributed by atoms with Crippen LogP contribution >= 0.6 is 0 Å². The van der Waals surface area contributed by atoms with Crippen LogP contribution in [0, 0.1) is 17.2 Å². The lowest BCUT2D eigenvalue weighted by Gasteiger charge is -2.46. The smallest absolute Gasteiger partial charge is 0.180 e. The van der Waals surface area contributed by atoms with Crippen molar-refractivity contribution in [1.29, 1.82) is 5.26 Å². The number of aromatic nitrogens is 1. The van der Waals surface area contributed by atoms with Gasteiger partial charge in [-0.3, -0.25) is 4.90 Å². The SMILES string of the molecule is N#Cc1ccc(OCC2CCC3CN(c4noc5ccccc45)CCN3C2)cc1. The Hall–Kier alpha value is -3.04. The molecule has 2 aromatic carbocycles.